The van der Waals surface area contributed by atoms with Gasteiger partial charge in [0.25, 0.3) is 0 Å². The monoisotopic (exact) mass is 327 g/mol. The number of hydrogen-bond acceptors (Lipinski definition) is 4. The van der Waals surface area contributed by atoms with Crippen LogP contribution in [0.25, 0.3) is 0 Å². The topological polar surface area (TPSA) is 38.2 Å². The van der Waals surface area contributed by atoms with E-state index in [0.717, 1.165) is 36.5 Å². The SMILES string of the molecule is CCCOc1cc(C)nc(N2CCCC(CBr)C2)n1. The Labute approximate surface area is 123 Å². The highest BCUT2D eigenvalue weighted by Gasteiger charge is 2.21. The predicted octanol–water partition coefficient (Wildman–Crippen LogP) is 3.19. The Hall–Kier alpha value is -0.840. The van der Waals surface area contributed by atoms with E-state index in [0.29, 0.717) is 18.4 Å². The standard InChI is InChI=1S/C14H22BrN3O/c1-3-7-19-13-8-11(2)16-14(17-13)18-6-4-5-12(9-15)10-18/h8,12H,3-7,9-10H2,1-2H3. The maximum absolute atomic E-state index is 5.63. The van der Waals surface area contributed by atoms with Gasteiger partial charge in [0.05, 0.1) is 6.61 Å². The number of ether oxygens (including phenoxy) is 1. The van der Waals surface area contributed by atoms with Crippen molar-refractivity contribution >= 4 is 21.9 Å². The highest BCUT2D eigenvalue weighted by Crippen LogP contribution is 2.23. The number of aromatic nitrogens is 2. The van der Waals surface area contributed by atoms with Gasteiger partial charge in [-0.25, -0.2) is 4.98 Å². The molecule has 1 saturated heterocycles. The molecule has 0 N–H and O–H groups in total. The van der Waals surface area contributed by atoms with Crippen LogP contribution in [0.3, 0.4) is 0 Å². The van der Waals surface area contributed by atoms with Gasteiger partial charge in [-0.1, -0.05) is 22.9 Å². The van der Waals surface area contributed by atoms with E-state index >= 15 is 0 Å². The van der Waals surface area contributed by atoms with Gasteiger partial charge in [0.1, 0.15) is 0 Å². The van der Waals surface area contributed by atoms with Crippen LogP contribution < -0.4 is 9.64 Å². The lowest BCUT2D eigenvalue weighted by atomic mass is 10.0. The maximum Gasteiger partial charge on any atom is 0.228 e. The van der Waals surface area contributed by atoms with E-state index in [-0.39, 0.29) is 0 Å². The molecule has 0 bridgehead atoms. The Balaban J connectivity index is 2.11. The lowest BCUT2D eigenvalue weighted by Gasteiger charge is -2.32. The van der Waals surface area contributed by atoms with Crippen molar-refractivity contribution in [1.82, 2.24) is 9.97 Å². The summed E-state index contributed by atoms with van der Waals surface area (Å²) in [6.45, 7) is 6.87. The fourth-order valence-electron chi connectivity index (χ4n) is 2.32. The van der Waals surface area contributed by atoms with E-state index < -0.39 is 0 Å². The zero-order valence-corrected chi connectivity index (χ0v) is 13.3. The van der Waals surface area contributed by atoms with Gasteiger partial charge in [-0.05, 0) is 32.1 Å². The van der Waals surface area contributed by atoms with Crippen molar-refractivity contribution < 1.29 is 4.74 Å². The summed E-state index contributed by atoms with van der Waals surface area (Å²) in [5, 5.41) is 1.05. The molecule has 0 amide bonds. The number of halogens is 1. The first-order valence-electron chi connectivity index (χ1n) is 7.02. The summed E-state index contributed by atoms with van der Waals surface area (Å²) in [6, 6.07) is 1.91. The summed E-state index contributed by atoms with van der Waals surface area (Å²) in [7, 11) is 0. The van der Waals surface area contributed by atoms with E-state index in [4.69, 9.17) is 4.74 Å². The molecule has 106 valence electrons. The van der Waals surface area contributed by atoms with Gasteiger partial charge < -0.3 is 9.64 Å². The number of rotatable bonds is 5. The lowest BCUT2D eigenvalue weighted by molar-refractivity contribution is 0.304. The molecule has 1 atom stereocenters. The summed E-state index contributed by atoms with van der Waals surface area (Å²) < 4.78 is 5.63. The zero-order chi connectivity index (χ0) is 13.7. The molecule has 19 heavy (non-hydrogen) atoms. The molecule has 4 nitrogen and oxygen atoms in total. The van der Waals surface area contributed by atoms with Crippen LogP contribution in [0, 0.1) is 12.8 Å². The fourth-order valence-corrected chi connectivity index (χ4v) is 2.85. The molecule has 1 aromatic rings. The molecule has 1 unspecified atom stereocenters. The number of hydrogen-bond donors (Lipinski definition) is 0. The van der Waals surface area contributed by atoms with Crippen LogP contribution in [-0.2, 0) is 0 Å². The maximum atomic E-state index is 5.63. The van der Waals surface area contributed by atoms with Gasteiger partial charge in [0.2, 0.25) is 11.8 Å². The Morgan fingerprint density at radius 2 is 2.32 bits per heavy atom. The van der Waals surface area contributed by atoms with Crippen molar-refractivity contribution in [3.63, 3.8) is 0 Å². The average molecular weight is 328 g/mol. The molecule has 1 aliphatic heterocycles. The third kappa shape index (κ3) is 4.06. The Kier molecular flexibility index (Phi) is 5.43. The minimum absolute atomic E-state index is 0.692. The van der Waals surface area contributed by atoms with Crippen LogP contribution in [0.4, 0.5) is 5.95 Å². The van der Waals surface area contributed by atoms with E-state index in [1.807, 2.05) is 13.0 Å². The fraction of sp³-hybridized carbons (Fsp3) is 0.714. The van der Waals surface area contributed by atoms with Crippen molar-refractivity contribution in [2.75, 3.05) is 29.9 Å². The Bertz CT molecular complexity index is 414. The van der Waals surface area contributed by atoms with Gasteiger partial charge in [-0.15, -0.1) is 0 Å². The number of alkyl halides is 1. The molecular formula is C14H22BrN3O. The Morgan fingerprint density at radius 1 is 1.47 bits per heavy atom. The first-order valence-corrected chi connectivity index (χ1v) is 8.14. The van der Waals surface area contributed by atoms with E-state index in [1.165, 1.54) is 12.8 Å². The smallest absolute Gasteiger partial charge is 0.228 e. The third-order valence-corrected chi connectivity index (χ3v) is 4.21. The van der Waals surface area contributed by atoms with Crippen LogP contribution in [0.5, 0.6) is 5.88 Å². The minimum Gasteiger partial charge on any atom is -0.478 e. The normalized spacial score (nSPS) is 19.5. The van der Waals surface area contributed by atoms with Crippen molar-refractivity contribution in [3.8, 4) is 5.88 Å². The zero-order valence-electron chi connectivity index (χ0n) is 11.7. The van der Waals surface area contributed by atoms with Crippen molar-refractivity contribution in [2.45, 2.75) is 33.1 Å². The summed E-state index contributed by atoms with van der Waals surface area (Å²) in [6.07, 6.45) is 3.49. The molecule has 1 fully saturated rings. The molecule has 2 rings (SSSR count). The van der Waals surface area contributed by atoms with Crippen LogP contribution >= 0.6 is 15.9 Å². The van der Waals surface area contributed by atoms with Crippen molar-refractivity contribution in [3.05, 3.63) is 11.8 Å². The summed E-state index contributed by atoms with van der Waals surface area (Å²) in [5.41, 5.74) is 0.970. The largest absolute Gasteiger partial charge is 0.478 e. The lowest BCUT2D eigenvalue weighted by Crippen LogP contribution is -2.37. The van der Waals surface area contributed by atoms with Crippen LogP contribution in [0.15, 0.2) is 6.07 Å². The second-order valence-corrected chi connectivity index (χ2v) is 5.75. The van der Waals surface area contributed by atoms with Crippen LogP contribution in [0.1, 0.15) is 31.9 Å². The molecule has 0 spiro atoms. The Morgan fingerprint density at radius 3 is 3.05 bits per heavy atom. The molecule has 5 heteroatoms. The molecule has 2 heterocycles. The van der Waals surface area contributed by atoms with Gasteiger partial charge in [0, 0.05) is 30.2 Å². The number of aryl methyl sites for hydroxylation is 1. The molecule has 1 aliphatic rings. The average Bonchev–Trinajstić information content (AvgIpc) is 2.44. The second kappa shape index (κ2) is 7.08. The van der Waals surface area contributed by atoms with Crippen LogP contribution in [-0.4, -0.2) is 35.0 Å². The van der Waals surface area contributed by atoms with Gasteiger partial charge >= 0.3 is 0 Å². The summed E-state index contributed by atoms with van der Waals surface area (Å²) >= 11 is 3.58. The van der Waals surface area contributed by atoms with Crippen molar-refractivity contribution in [2.24, 2.45) is 5.92 Å². The first-order chi connectivity index (χ1) is 9.22. The molecule has 0 saturated carbocycles. The number of anilines is 1. The molecule has 0 aliphatic carbocycles. The van der Waals surface area contributed by atoms with E-state index in [1.54, 1.807) is 0 Å². The molecule has 1 aromatic heterocycles. The first kappa shape index (κ1) is 14.6. The number of nitrogens with zero attached hydrogens (tertiary/aromatic N) is 3. The quantitative estimate of drug-likeness (QED) is 0.778. The van der Waals surface area contributed by atoms with E-state index in [2.05, 4.69) is 37.7 Å². The number of piperidine rings is 1. The summed E-state index contributed by atoms with van der Waals surface area (Å²) in [4.78, 5) is 11.4. The molecule has 0 radical (unpaired) electrons. The third-order valence-electron chi connectivity index (χ3n) is 3.29. The van der Waals surface area contributed by atoms with Crippen molar-refractivity contribution in [1.29, 1.82) is 0 Å². The van der Waals surface area contributed by atoms with E-state index in [9.17, 15) is 0 Å². The van der Waals surface area contributed by atoms with Crippen LogP contribution in [0.2, 0.25) is 0 Å². The van der Waals surface area contributed by atoms with Gasteiger partial charge in [0.15, 0.2) is 0 Å². The molecular weight excluding hydrogens is 306 g/mol. The predicted molar refractivity (Wildman–Crippen MR) is 81.3 cm³/mol. The minimum atomic E-state index is 0.692. The highest BCUT2D eigenvalue weighted by atomic mass is 79.9. The highest BCUT2D eigenvalue weighted by molar-refractivity contribution is 9.09. The van der Waals surface area contributed by atoms with Gasteiger partial charge in [-0.2, -0.15) is 4.98 Å². The summed E-state index contributed by atoms with van der Waals surface area (Å²) in [5.74, 6) is 2.21. The second-order valence-electron chi connectivity index (χ2n) is 5.10. The van der Waals surface area contributed by atoms with Gasteiger partial charge in [-0.3, -0.25) is 0 Å². The molecule has 0 aromatic carbocycles.